The highest BCUT2D eigenvalue weighted by Gasteiger charge is 2.27. The van der Waals surface area contributed by atoms with Crippen molar-refractivity contribution in [3.8, 4) is 5.75 Å². The van der Waals surface area contributed by atoms with Gasteiger partial charge in [-0.1, -0.05) is 36.4 Å². The fourth-order valence-electron chi connectivity index (χ4n) is 3.20. The van der Waals surface area contributed by atoms with Crippen LogP contribution in [0.2, 0.25) is 0 Å². The molecule has 0 saturated carbocycles. The molecular weight excluding hydrogens is 390 g/mol. The minimum absolute atomic E-state index is 0.0581. The number of piperazine rings is 1. The van der Waals surface area contributed by atoms with Crippen LogP contribution >= 0.6 is 0 Å². The molecule has 1 aliphatic heterocycles. The van der Waals surface area contributed by atoms with Crippen LogP contribution in [-0.4, -0.2) is 63.2 Å². The van der Waals surface area contributed by atoms with Crippen molar-refractivity contribution < 1.29 is 17.9 Å². The van der Waals surface area contributed by atoms with E-state index in [0.29, 0.717) is 31.9 Å². The highest BCUT2D eigenvalue weighted by Crippen LogP contribution is 2.17. The van der Waals surface area contributed by atoms with Crippen molar-refractivity contribution in [3.63, 3.8) is 0 Å². The number of sulfonamides is 1. The molecule has 1 aliphatic rings. The molecule has 1 N–H and O–H groups in total. The van der Waals surface area contributed by atoms with Gasteiger partial charge in [-0.15, -0.1) is 0 Å². The predicted molar refractivity (Wildman–Crippen MR) is 114 cm³/mol. The molecule has 0 radical (unpaired) electrons. The van der Waals surface area contributed by atoms with E-state index in [4.69, 9.17) is 4.74 Å². The summed E-state index contributed by atoms with van der Waals surface area (Å²) in [4.78, 5) is 14.3. The third kappa shape index (κ3) is 5.95. The maximum atomic E-state index is 12.6. The van der Waals surface area contributed by atoms with Gasteiger partial charge in [0, 0.05) is 38.4 Å². The zero-order valence-electron chi connectivity index (χ0n) is 16.5. The molecule has 1 saturated heterocycles. The average molecular weight is 418 g/mol. The molecule has 7 nitrogen and oxygen atoms in total. The highest BCUT2D eigenvalue weighted by molar-refractivity contribution is 7.89. The van der Waals surface area contributed by atoms with Gasteiger partial charge < -0.3 is 15.0 Å². The number of para-hydroxylation sites is 2. The molecule has 0 bridgehead atoms. The van der Waals surface area contributed by atoms with Crippen LogP contribution in [0.4, 0.5) is 5.69 Å². The van der Waals surface area contributed by atoms with E-state index in [1.165, 1.54) is 4.31 Å². The monoisotopic (exact) mass is 417 g/mol. The lowest BCUT2D eigenvalue weighted by molar-refractivity contribution is -0.127. The minimum Gasteiger partial charge on any atom is -0.481 e. The number of carbonyl (C=O) groups is 1. The first-order chi connectivity index (χ1) is 14.0. The molecule has 2 aromatic carbocycles. The second kappa shape index (κ2) is 9.76. The van der Waals surface area contributed by atoms with Gasteiger partial charge >= 0.3 is 0 Å². The molecule has 2 aromatic rings. The number of nitrogens with one attached hydrogen (secondary N) is 1. The molecule has 0 unspecified atom stereocenters. The number of anilines is 1. The normalized spacial score (nSPS) is 16.2. The van der Waals surface area contributed by atoms with Gasteiger partial charge in [0.25, 0.3) is 5.91 Å². The molecular formula is C21H27N3O4S. The number of amides is 1. The van der Waals surface area contributed by atoms with E-state index in [-0.39, 0.29) is 18.2 Å². The number of ether oxygens (including phenoxy) is 1. The zero-order valence-corrected chi connectivity index (χ0v) is 17.3. The van der Waals surface area contributed by atoms with E-state index < -0.39 is 16.1 Å². The number of carbonyl (C=O) groups excluding carboxylic acids is 1. The fourth-order valence-corrected chi connectivity index (χ4v) is 4.53. The van der Waals surface area contributed by atoms with E-state index in [0.717, 1.165) is 5.69 Å². The van der Waals surface area contributed by atoms with Crippen LogP contribution in [0.5, 0.6) is 5.75 Å². The Labute approximate surface area is 172 Å². The molecule has 1 fully saturated rings. The van der Waals surface area contributed by atoms with Gasteiger partial charge in [-0.2, -0.15) is 4.31 Å². The smallest absolute Gasteiger partial charge is 0.260 e. The third-order valence-electron chi connectivity index (χ3n) is 4.84. The number of benzene rings is 2. The standard InChI is InChI=1S/C21H27N3O4S/c1-18(28-20-10-6-3-7-11-20)21(25)22-12-17-29(26,27)24-15-13-23(14-16-24)19-8-4-2-5-9-19/h2-11,18H,12-17H2,1H3,(H,22,25)/t18-/m0/s1. The summed E-state index contributed by atoms with van der Waals surface area (Å²) in [6, 6.07) is 19.0. The van der Waals surface area contributed by atoms with Gasteiger partial charge in [0.1, 0.15) is 5.75 Å². The summed E-state index contributed by atoms with van der Waals surface area (Å²) in [5, 5.41) is 2.65. The highest BCUT2D eigenvalue weighted by atomic mass is 32.2. The van der Waals surface area contributed by atoms with Crippen molar-refractivity contribution in [1.29, 1.82) is 0 Å². The number of hydrogen-bond acceptors (Lipinski definition) is 5. The Morgan fingerprint density at radius 3 is 2.21 bits per heavy atom. The number of hydrogen-bond donors (Lipinski definition) is 1. The van der Waals surface area contributed by atoms with Crippen LogP contribution < -0.4 is 15.0 Å². The molecule has 1 amide bonds. The lowest BCUT2D eigenvalue weighted by Gasteiger charge is -2.35. The van der Waals surface area contributed by atoms with Crippen LogP contribution in [0.25, 0.3) is 0 Å². The molecule has 0 aromatic heterocycles. The minimum atomic E-state index is -3.42. The maximum Gasteiger partial charge on any atom is 0.260 e. The topological polar surface area (TPSA) is 78.9 Å². The van der Waals surface area contributed by atoms with Crippen molar-refractivity contribution in [1.82, 2.24) is 9.62 Å². The van der Waals surface area contributed by atoms with Gasteiger partial charge in [0.2, 0.25) is 10.0 Å². The first-order valence-corrected chi connectivity index (χ1v) is 11.3. The Kier molecular flexibility index (Phi) is 7.11. The Morgan fingerprint density at radius 1 is 1.00 bits per heavy atom. The van der Waals surface area contributed by atoms with E-state index >= 15 is 0 Å². The van der Waals surface area contributed by atoms with Crippen molar-refractivity contribution in [3.05, 3.63) is 60.7 Å². The van der Waals surface area contributed by atoms with Crippen LogP contribution in [0, 0.1) is 0 Å². The quantitative estimate of drug-likeness (QED) is 0.708. The van der Waals surface area contributed by atoms with E-state index in [9.17, 15) is 13.2 Å². The summed E-state index contributed by atoms with van der Waals surface area (Å²) in [6.45, 7) is 3.88. The maximum absolute atomic E-state index is 12.6. The molecule has 3 rings (SSSR count). The third-order valence-corrected chi connectivity index (χ3v) is 6.71. The van der Waals surface area contributed by atoms with Crippen LogP contribution in [0.15, 0.2) is 60.7 Å². The number of nitrogens with zero attached hydrogens (tertiary/aromatic N) is 2. The first kappa shape index (κ1) is 21.1. The van der Waals surface area contributed by atoms with Crippen molar-refractivity contribution in [2.24, 2.45) is 0 Å². The van der Waals surface area contributed by atoms with Gasteiger partial charge in [-0.3, -0.25) is 4.79 Å². The van der Waals surface area contributed by atoms with Crippen molar-refractivity contribution in [2.75, 3.05) is 43.4 Å². The Hall–Kier alpha value is -2.58. The van der Waals surface area contributed by atoms with Gasteiger partial charge in [-0.05, 0) is 31.2 Å². The summed E-state index contributed by atoms with van der Waals surface area (Å²) >= 11 is 0. The molecule has 156 valence electrons. The van der Waals surface area contributed by atoms with Gasteiger partial charge in [0.15, 0.2) is 6.10 Å². The van der Waals surface area contributed by atoms with Crippen LogP contribution in [-0.2, 0) is 14.8 Å². The lowest BCUT2D eigenvalue weighted by Crippen LogP contribution is -2.50. The molecule has 1 atom stereocenters. The summed E-state index contributed by atoms with van der Waals surface area (Å²) in [6.07, 6.45) is -0.700. The lowest BCUT2D eigenvalue weighted by atomic mass is 10.2. The summed E-state index contributed by atoms with van der Waals surface area (Å²) in [7, 11) is -3.42. The first-order valence-electron chi connectivity index (χ1n) is 9.73. The van der Waals surface area contributed by atoms with Gasteiger partial charge in [0.05, 0.1) is 5.75 Å². The summed E-state index contributed by atoms with van der Waals surface area (Å²) in [5.41, 5.74) is 1.10. The van der Waals surface area contributed by atoms with E-state index in [1.54, 1.807) is 19.1 Å². The summed E-state index contributed by atoms with van der Waals surface area (Å²) < 4.78 is 32.2. The SMILES string of the molecule is C[C@H](Oc1ccccc1)C(=O)NCCS(=O)(=O)N1CCN(c2ccccc2)CC1. The van der Waals surface area contributed by atoms with E-state index in [1.807, 2.05) is 48.5 Å². The largest absolute Gasteiger partial charge is 0.481 e. The van der Waals surface area contributed by atoms with Crippen LogP contribution in [0.1, 0.15) is 6.92 Å². The number of rotatable bonds is 8. The van der Waals surface area contributed by atoms with Gasteiger partial charge in [-0.25, -0.2) is 8.42 Å². The zero-order chi connectivity index (χ0) is 20.7. The fraction of sp³-hybridized carbons (Fsp3) is 0.381. The van der Waals surface area contributed by atoms with Crippen molar-refractivity contribution >= 4 is 21.6 Å². The molecule has 0 spiro atoms. The average Bonchev–Trinajstić information content (AvgIpc) is 2.75. The Morgan fingerprint density at radius 2 is 1.59 bits per heavy atom. The van der Waals surface area contributed by atoms with Crippen molar-refractivity contribution in [2.45, 2.75) is 13.0 Å². The van der Waals surface area contributed by atoms with Crippen LogP contribution in [0.3, 0.4) is 0 Å². The molecule has 29 heavy (non-hydrogen) atoms. The second-order valence-electron chi connectivity index (χ2n) is 6.90. The predicted octanol–water partition coefficient (Wildman–Crippen LogP) is 1.72. The summed E-state index contributed by atoms with van der Waals surface area (Å²) in [5.74, 6) is 0.138. The second-order valence-corrected chi connectivity index (χ2v) is 8.99. The Balaban J connectivity index is 1.42. The van der Waals surface area contributed by atoms with E-state index in [2.05, 4.69) is 10.2 Å². The molecule has 1 heterocycles. The Bertz CT molecular complexity index is 883. The molecule has 8 heteroatoms. The molecule has 0 aliphatic carbocycles.